The largest absolute Gasteiger partial charge is 0.497 e. The van der Waals surface area contributed by atoms with Crippen LogP contribution in [0.5, 0.6) is 5.75 Å². The maximum absolute atomic E-state index is 14.4. The zero-order valence-corrected chi connectivity index (χ0v) is 33.9. The summed E-state index contributed by atoms with van der Waals surface area (Å²) < 4.78 is 34.5. The highest BCUT2D eigenvalue weighted by Gasteiger charge is 2.52. The van der Waals surface area contributed by atoms with Gasteiger partial charge in [-0.25, -0.2) is 0 Å². The van der Waals surface area contributed by atoms with E-state index in [9.17, 15) is 33.6 Å². The molecule has 17 heteroatoms. The van der Waals surface area contributed by atoms with E-state index in [0.29, 0.717) is 44.1 Å². The van der Waals surface area contributed by atoms with Crippen LogP contribution in [0.25, 0.3) is 10.9 Å². The number of carbonyl (C=O) groups is 7. The third kappa shape index (κ3) is 11.0. The molecule has 0 unspecified atom stereocenters. The molecule has 1 aliphatic rings. The van der Waals surface area contributed by atoms with Gasteiger partial charge < -0.3 is 39.1 Å². The minimum absolute atomic E-state index is 0.0332. The summed E-state index contributed by atoms with van der Waals surface area (Å²) in [5, 5.41) is 6.53. The summed E-state index contributed by atoms with van der Waals surface area (Å²) in [5.41, 5.74) is 2.50. The van der Waals surface area contributed by atoms with Gasteiger partial charge in [-0.2, -0.15) is 0 Å². The average Bonchev–Trinajstić information content (AvgIpc) is 3.45. The van der Waals surface area contributed by atoms with Crippen LogP contribution in [0.2, 0.25) is 5.02 Å². The van der Waals surface area contributed by atoms with Gasteiger partial charge in [-0.3, -0.25) is 38.1 Å². The number of ether oxygens (including phenoxy) is 6. The van der Waals surface area contributed by atoms with Crippen molar-refractivity contribution in [3.63, 3.8) is 0 Å². The first-order valence-corrected chi connectivity index (χ1v) is 18.9. The zero-order valence-electron chi connectivity index (χ0n) is 33.1. The highest BCUT2D eigenvalue weighted by atomic mass is 35.5. The lowest BCUT2D eigenvalue weighted by molar-refractivity contribution is -0.271. The molecule has 0 aliphatic carbocycles. The first-order valence-electron chi connectivity index (χ1n) is 18.5. The second-order valence-electron chi connectivity index (χ2n) is 13.7. The molecule has 16 nitrogen and oxygen atoms in total. The molecule has 2 N–H and O–H groups in total. The van der Waals surface area contributed by atoms with Crippen molar-refractivity contribution in [1.82, 2.24) is 15.2 Å². The lowest BCUT2D eigenvalue weighted by atomic mass is 9.95. The van der Waals surface area contributed by atoms with Crippen LogP contribution in [0.1, 0.15) is 54.9 Å². The number of esters is 4. The van der Waals surface area contributed by atoms with Crippen molar-refractivity contribution in [2.45, 2.75) is 84.1 Å². The van der Waals surface area contributed by atoms with E-state index >= 15 is 0 Å². The smallest absolute Gasteiger partial charge is 0.305 e. The Hall–Kier alpha value is -6.26. The number of methoxy groups -OCH3 is 1. The monoisotopic (exact) mass is 833 g/mol. The number of nitrogens with zero attached hydrogens (tertiary/aromatic N) is 1. The molecule has 0 saturated carbocycles. The molecule has 6 atom stereocenters. The van der Waals surface area contributed by atoms with E-state index in [0.717, 1.165) is 27.7 Å². The van der Waals surface area contributed by atoms with E-state index in [4.69, 9.17) is 40.0 Å². The number of hydrogen-bond donors (Lipinski definition) is 2. The van der Waals surface area contributed by atoms with E-state index in [1.54, 1.807) is 79.7 Å². The number of hydrogen-bond acceptors (Lipinski definition) is 13. The molecule has 1 fully saturated rings. The van der Waals surface area contributed by atoms with Crippen LogP contribution < -0.4 is 15.4 Å². The predicted octanol–water partition coefficient (Wildman–Crippen LogP) is 3.77. The van der Waals surface area contributed by atoms with E-state index in [1.165, 1.54) is 11.7 Å². The first kappa shape index (κ1) is 43.9. The van der Waals surface area contributed by atoms with Crippen molar-refractivity contribution in [2.75, 3.05) is 13.7 Å². The number of aromatic nitrogens is 1. The molecule has 1 aliphatic heterocycles. The number of nitrogens with one attached hydrogen (secondary N) is 2. The Kier molecular flexibility index (Phi) is 14.5. The fourth-order valence-electron chi connectivity index (χ4n) is 6.85. The Morgan fingerprint density at radius 2 is 1.46 bits per heavy atom. The van der Waals surface area contributed by atoms with Crippen LogP contribution in [0, 0.1) is 6.92 Å². The molecular weight excluding hydrogens is 790 g/mol. The second kappa shape index (κ2) is 19.5. The van der Waals surface area contributed by atoms with Crippen LogP contribution in [0.4, 0.5) is 0 Å². The van der Waals surface area contributed by atoms with Crippen molar-refractivity contribution in [1.29, 1.82) is 0 Å². The van der Waals surface area contributed by atoms with E-state index in [-0.39, 0.29) is 18.7 Å². The predicted molar refractivity (Wildman–Crippen MR) is 210 cm³/mol. The Morgan fingerprint density at radius 1 is 0.814 bits per heavy atom. The third-order valence-corrected chi connectivity index (χ3v) is 9.65. The topological polar surface area (TPSA) is 204 Å². The maximum atomic E-state index is 14.4. The number of halogens is 1. The normalized spacial score (nSPS) is 19.1. The van der Waals surface area contributed by atoms with Gasteiger partial charge in [0.2, 0.25) is 18.1 Å². The van der Waals surface area contributed by atoms with Gasteiger partial charge in [0.1, 0.15) is 30.5 Å². The summed E-state index contributed by atoms with van der Waals surface area (Å²) in [6.07, 6.45) is -6.26. The van der Waals surface area contributed by atoms with Gasteiger partial charge in [-0.15, -0.1) is 0 Å². The molecule has 0 bridgehead atoms. The highest BCUT2D eigenvalue weighted by molar-refractivity contribution is 6.30. The fraction of sp³-hybridized carbons (Fsp3) is 0.357. The Balaban J connectivity index is 1.50. The first-order chi connectivity index (χ1) is 28.1. The Bertz CT molecular complexity index is 2220. The maximum Gasteiger partial charge on any atom is 0.305 e. The molecule has 1 saturated heterocycles. The number of rotatable bonds is 14. The van der Waals surface area contributed by atoms with E-state index < -0.39 is 79.0 Å². The number of carbonyl (C=O) groups excluding carboxylic acids is 7. The minimum Gasteiger partial charge on any atom is -0.497 e. The van der Waals surface area contributed by atoms with Crippen LogP contribution in [-0.4, -0.2) is 96.6 Å². The van der Waals surface area contributed by atoms with Crippen molar-refractivity contribution < 1.29 is 62.0 Å². The summed E-state index contributed by atoms with van der Waals surface area (Å²) in [5.74, 6) is -4.51. The second-order valence-corrected chi connectivity index (χ2v) is 14.2. The van der Waals surface area contributed by atoms with Crippen molar-refractivity contribution in [2.24, 2.45) is 0 Å². The molecule has 2 amide bonds. The summed E-state index contributed by atoms with van der Waals surface area (Å²) >= 11 is 6.07. The Morgan fingerprint density at radius 3 is 2.07 bits per heavy atom. The number of fused-ring (bicyclic) bond motifs is 1. The van der Waals surface area contributed by atoms with Crippen molar-refractivity contribution >= 4 is 64.1 Å². The SMILES string of the molecule is COc1ccc2c(c1)c(CC(=O)N[C@@H](Cc1ccccc1)C(=O)N[C@H]1[C@H](OC(C)=O)O[C@H](COC(C)=O)[C@@H](OC(C)=O)[C@@H]1OC(C)=O)c(C)n2C(=O)c1ccc(Cl)cc1. The summed E-state index contributed by atoms with van der Waals surface area (Å²) in [7, 11) is 1.49. The molecule has 59 heavy (non-hydrogen) atoms. The molecule has 4 aromatic rings. The minimum atomic E-state index is -1.65. The molecule has 312 valence electrons. The number of benzene rings is 3. The standard InChI is InChI=1S/C42H44ClN3O13/c1-22-31(32-19-30(54-6)16-17-34(32)46(22)41(53)28-12-14-29(43)15-13-28)20-36(51)44-33(18-27-10-8-7-9-11-27)40(52)45-37-39(57-25(4)49)38(56-24(3)48)35(21-55-23(2)47)59-42(37)58-26(5)50/h7-17,19,33,35,37-39,42H,18,20-21H2,1-6H3,(H,44,51)(H,45,52)/t33-,35+,37+,38+,39+,42+/m0/s1. The molecular formula is C42H44ClN3O13. The quantitative estimate of drug-likeness (QED) is 0.137. The average molecular weight is 834 g/mol. The highest BCUT2D eigenvalue weighted by Crippen LogP contribution is 2.32. The third-order valence-electron chi connectivity index (χ3n) is 9.40. The molecule has 1 aromatic heterocycles. The zero-order chi connectivity index (χ0) is 43.0. The molecule has 3 aromatic carbocycles. The molecule has 5 rings (SSSR count). The van der Waals surface area contributed by atoms with Crippen LogP contribution in [-0.2, 0) is 65.3 Å². The summed E-state index contributed by atoms with van der Waals surface area (Å²) in [6.45, 7) is 5.60. The number of amides is 2. The van der Waals surface area contributed by atoms with Crippen LogP contribution in [0.3, 0.4) is 0 Å². The van der Waals surface area contributed by atoms with E-state index in [1.807, 2.05) is 0 Å². The Labute approximate surface area is 344 Å². The molecule has 0 spiro atoms. The van der Waals surface area contributed by atoms with Gasteiger partial charge in [0.05, 0.1) is 19.0 Å². The summed E-state index contributed by atoms with van der Waals surface area (Å²) in [6, 6.07) is 17.5. The van der Waals surface area contributed by atoms with Crippen LogP contribution >= 0.6 is 11.6 Å². The van der Waals surface area contributed by atoms with Crippen molar-refractivity contribution in [3.8, 4) is 5.75 Å². The lowest BCUT2D eigenvalue weighted by Gasteiger charge is -2.44. The van der Waals surface area contributed by atoms with Gasteiger partial charge in [-0.1, -0.05) is 41.9 Å². The van der Waals surface area contributed by atoms with E-state index in [2.05, 4.69) is 10.6 Å². The summed E-state index contributed by atoms with van der Waals surface area (Å²) in [4.78, 5) is 91.2. The van der Waals surface area contributed by atoms with Gasteiger partial charge in [0.15, 0.2) is 12.2 Å². The molecule has 0 radical (unpaired) electrons. The fourth-order valence-corrected chi connectivity index (χ4v) is 6.97. The lowest BCUT2D eigenvalue weighted by Crippen LogP contribution is -2.68. The van der Waals surface area contributed by atoms with Gasteiger partial charge in [0, 0.05) is 55.8 Å². The van der Waals surface area contributed by atoms with Crippen LogP contribution in [0.15, 0.2) is 72.8 Å². The van der Waals surface area contributed by atoms with Gasteiger partial charge in [0.25, 0.3) is 5.91 Å². The molecule has 2 heterocycles. The van der Waals surface area contributed by atoms with Gasteiger partial charge in [-0.05, 0) is 60.5 Å². The van der Waals surface area contributed by atoms with Gasteiger partial charge >= 0.3 is 23.9 Å². The van der Waals surface area contributed by atoms with Crippen molar-refractivity contribution in [3.05, 3.63) is 100 Å².